The van der Waals surface area contributed by atoms with Crippen LogP contribution in [-0.4, -0.2) is 18.6 Å². The van der Waals surface area contributed by atoms with Gasteiger partial charge in [-0.3, -0.25) is 10.1 Å². The van der Waals surface area contributed by atoms with Crippen LogP contribution in [0.25, 0.3) is 0 Å². The number of nitro benzene ring substituents is 1. The van der Waals surface area contributed by atoms with Gasteiger partial charge in [0.25, 0.3) is 5.69 Å². The summed E-state index contributed by atoms with van der Waals surface area (Å²) in [5.41, 5.74) is 0.976. The molecule has 2 rings (SSSR count). The molecule has 0 spiro atoms. The number of ether oxygens (including phenoxy) is 1. The van der Waals surface area contributed by atoms with E-state index in [4.69, 9.17) is 4.74 Å². The summed E-state index contributed by atoms with van der Waals surface area (Å²) in [4.78, 5) is 10.7. The molecule has 0 radical (unpaired) electrons. The lowest BCUT2D eigenvalue weighted by atomic mass is 9.67. The molecule has 0 aromatic heterocycles. The summed E-state index contributed by atoms with van der Waals surface area (Å²) >= 11 is 0. The number of nitrogens with one attached hydrogen (secondary N) is 1. The van der Waals surface area contributed by atoms with Gasteiger partial charge in [0, 0.05) is 6.54 Å². The maximum absolute atomic E-state index is 11.1. The summed E-state index contributed by atoms with van der Waals surface area (Å²) in [7, 11) is 1.51. The van der Waals surface area contributed by atoms with Gasteiger partial charge in [0.15, 0.2) is 0 Å². The third-order valence-electron chi connectivity index (χ3n) is 4.22. The number of rotatable bonds is 6. The Bertz CT molecular complexity index is 464. The van der Waals surface area contributed by atoms with Crippen LogP contribution in [0.5, 0.6) is 5.75 Å². The van der Waals surface area contributed by atoms with Crippen molar-refractivity contribution >= 4 is 11.4 Å². The second kappa shape index (κ2) is 5.47. The van der Waals surface area contributed by atoms with Crippen LogP contribution >= 0.6 is 0 Å². The van der Waals surface area contributed by atoms with E-state index in [9.17, 15) is 10.1 Å². The SMILES string of the molecule is CCC1(CNc2ccc(OC)cc2[N+](=O)[O-])CCC1. The van der Waals surface area contributed by atoms with Crippen molar-refractivity contribution in [1.82, 2.24) is 0 Å². The van der Waals surface area contributed by atoms with E-state index in [-0.39, 0.29) is 10.6 Å². The van der Waals surface area contributed by atoms with Gasteiger partial charge < -0.3 is 10.1 Å². The summed E-state index contributed by atoms with van der Waals surface area (Å²) in [5, 5.41) is 14.3. The third kappa shape index (κ3) is 2.80. The number of hydrogen-bond acceptors (Lipinski definition) is 4. The first-order valence-corrected chi connectivity index (χ1v) is 6.66. The standard InChI is InChI=1S/C14H20N2O3/c1-3-14(7-4-8-14)10-15-12-6-5-11(19-2)9-13(12)16(17)18/h5-6,9,15H,3-4,7-8,10H2,1-2H3. The predicted molar refractivity (Wildman–Crippen MR) is 74.7 cm³/mol. The van der Waals surface area contributed by atoms with Crippen LogP contribution < -0.4 is 10.1 Å². The smallest absolute Gasteiger partial charge is 0.296 e. The van der Waals surface area contributed by atoms with Crippen LogP contribution in [0.3, 0.4) is 0 Å². The molecule has 0 amide bonds. The summed E-state index contributed by atoms with van der Waals surface area (Å²) < 4.78 is 5.03. The van der Waals surface area contributed by atoms with E-state index in [0.29, 0.717) is 16.9 Å². The highest BCUT2D eigenvalue weighted by molar-refractivity contribution is 5.64. The first-order chi connectivity index (χ1) is 9.10. The fourth-order valence-electron chi connectivity index (χ4n) is 2.55. The van der Waals surface area contributed by atoms with Crippen molar-refractivity contribution in [3.63, 3.8) is 0 Å². The lowest BCUT2D eigenvalue weighted by Crippen LogP contribution is -2.35. The molecule has 1 N–H and O–H groups in total. The minimum atomic E-state index is -0.371. The second-order valence-electron chi connectivity index (χ2n) is 5.20. The van der Waals surface area contributed by atoms with E-state index >= 15 is 0 Å². The monoisotopic (exact) mass is 264 g/mol. The third-order valence-corrected chi connectivity index (χ3v) is 4.22. The van der Waals surface area contributed by atoms with E-state index < -0.39 is 0 Å². The maximum Gasteiger partial charge on any atom is 0.296 e. The molecule has 1 fully saturated rings. The Morgan fingerprint density at radius 2 is 2.21 bits per heavy atom. The van der Waals surface area contributed by atoms with Gasteiger partial charge in [0.2, 0.25) is 0 Å². The molecule has 0 aliphatic heterocycles. The lowest BCUT2D eigenvalue weighted by molar-refractivity contribution is -0.384. The number of benzene rings is 1. The van der Waals surface area contributed by atoms with E-state index in [0.717, 1.165) is 13.0 Å². The zero-order valence-corrected chi connectivity index (χ0v) is 11.4. The van der Waals surface area contributed by atoms with Crippen molar-refractivity contribution in [3.8, 4) is 5.75 Å². The average molecular weight is 264 g/mol. The topological polar surface area (TPSA) is 64.4 Å². The molecule has 5 nitrogen and oxygen atoms in total. The van der Waals surface area contributed by atoms with Crippen LogP contribution in [0.1, 0.15) is 32.6 Å². The summed E-state index contributed by atoms with van der Waals surface area (Å²) in [5.74, 6) is 0.506. The normalized spacial score (nSPS) is 16.5. The van der Waals surface area contributed by atoms with Crippen LogP contribution in [-0.2, 0) is 0 Å². The molecule has 0 unspecified atom stereocenters. The molecule has 1 aromatic rings. The highest BCUT2D eigenvalue weighted by atomic mass is 16.6. The minimum absolute atomic E-state index is 0.0740. The Morgan fingerprint density at radius 1 is 1.47 bits per heavy atom. The van der Waals surface area contributed by atoms with E-state index in [1.165, 1.54) is 32.4 Å². The highest BCUT2D eigenvalue weighted by Crippen LogP contribution is 2.44. The van der Waals surface area contributed by atoms with Crippen molar-refractivity contribution in [2.24, 2.45) is 5.41 Å². The Balaban J connectivity index is 2.13. The number of nitrogens with zero attached hydrogens (tertiary/aromatic N) is 1. The Kier molecular flexibility index (Phi) is 3.93. The summed E-state index contributed by atoms with van der Waals surface area (Å²) in [6.45, 7) is 2.99. The molecule has 0 saturated heterocycles. The fourth-order valence-corrected chi connectivity index (χ4v) is 2.55. The molecule has 1 aliphatic rings. The number of hydrogen-bond donors (Lipinski definition) is 1. The summed E-state index contributed by atoms with van der Waals surface area (Å²) in [6.07, 6.45) is 4.80. The van der Waals surface area contributed by atoms with E-state index in [1.807, 2.05) is 0 Å². The van der Waals surface area contributed by atoms with Gasteiger partial charge >= 0.3 is 0 Å². The van der Waals surface area contributed by atoms with Gasteiger partial charge in [0.1, 0.15) is 11.4 Å². The molecule has 0 bridgehead atoms. The maximum atomic E-state index is 11.1. The van der Waals surface area contributed by atoms with Crippen molar-refractivity contribution in [3.05, 3.63) is 28.3 Å². The van der Waals surface area contributed by atoms with Gasteiger partial charge in [0.05, 0.1) is 18.1 Å². The van der Waals surface area contributed by atoms with Crippen molar-refractivity contribution in [2.75, 3.05) is 19.0 Å². The minimum Gasteiger partial charge on any atom is -0.496 e. The molecule has 0 atom stereocenters. The largest absolute Gasteiger partial charge is 0.496 e. The Labute approximate surface area is 113 Å². The zero-order valence-electron chi connectivity index (χ0n) is 11.4. The van der Waals surface area contributed by atoms with Crippen LogP contribution in [0.2, 0.25) is 0 Å². The molecule has 0 heterocycles. The fraction of sp³-hybridized carbons (Fsp3) is 0.571. The molecular formula is C14H20N2O3. The van der Waals surface area contributed by atoms with Crippen LogP contribution in [0.15, 0.2) is 18.2 Å². The number of nitro groups is 1. The lowest BCUT2D eigenvalue weighted by Gasteiger charge is -2.41. The van der Waals surface area contributed by atoms with E-state index in [1.54, 1.807) is 12.1 Å². The van der Waals surface area contributed by atoms with Crippen molar-refractivity contribution < 1.29 is 9.66 Å². The first-order valence-electron chi connectivity index (χ1n) is 6.66. The molecule has 1 aliphatic carbocycles. The Morgan fingerprint density at radius 3 is 2.68 bits per heavy atom. The zero-order chi connectivity index (χ0) is 13.9. The quantitative estimate of drug-likeness (QED) is 0.630. The Hall–Kier alpha value is -1.78. The van der Waals surface area contributed by atoms with E-state index in [2.05, 4.69) is 12.2 Å². The van der Waals surface area contributed by atoms with Gasteiger partial charge in [-0.2, -0.15) is 0 Å². The molecule has 19 heavy (non-hydrogen) atoms. The molecular weight excluding hydrogens is 244 g/mol. The summed E-state index contributed by atoms with van der Waals surface area (Å²) in [6, 6.07) is 4.93. The number of methoxy groups -OCH3 is 1. The highest BCUT2D eigenvalue weighted by Gasteiger charge is 2.35. The van der Waals surface area contributed by atoms with Gasteiger partial charge in [-0.1, -0.05) is 13.3 Å². The molecule has 1 saturated carbocycles. The van der Waals surface area contributed by atoms with Crippen LogP contribution in [0, 0.1) is 15.5 Å². The predicted octanol–water partition coefficient (Wildman–Crippen LogP) is 3.60. The second-order valence-corrected chi connectivity index (χ2v) is 5.20. The average Bonchev–Trinajstić information content (AvgIpc) is 2.38. The number of anilines is 1. The van der Waals surface area contributed by atoms with Gasteiger partial charge in [-0.15, -0.1) is 0 Å². The van der Waals surface area contributed by atoms with Crippen molar-refractivity contribution in [1.29, 1.82) is 0 Å². The van der Waals surface area contributed by atoms with Gasteiger partial charge in [-0.05, 0) is 36.8 Å². The van der Waals surface area contributed by atoms with Crippen molar-refractivity contribution in [2.45, 2.75) is 32.6 Å². The molecule has 104 valence electrons. The first kappa shape index (κ1) is 13.6. The van der Waals surface area contributed by atoms with Crippen LogP contribution in [0.4, 0.5) is 11.4 Å². The molecule has 5 heteroatoms. The molecule has 1 aromatic carbocycles. The van der Waals surface area contributed by atoms with Gasteiger partial charge in [-0.25, -0.2) is 0 Å².